The highest BCUT2D eigenvalue weighted by Crippen LogP contribution is 2.15. The number of carbonyl (C=O) groups excluding carboxylic acids is 1. The molecule has 108 valence electrons. The Bertz CT molecular complexity index is 436. The van der Waals surface area contributed by atoms with Crippen LogP contribution in [0, 0.1) is 19.8 Å². The number of rotatable bonds is 6. The van der Waals surface area contributed by atoms with Gasteiger partial charge in [-0.25, -0.2) is 0 Å². The molecule has 0 fully saturated rings. The first-order valence-corrected chi connectivity index (χ1v) is 6.89. The fourth-order valence-electron chi connectivity index (χ4n) is 2.48. The minimum absolute atomic E-state index is 0.195. The Morgan fingerprint density at radius 3 is 2.47 bits per heavy atom. The summed E-state index contributed by atoms with van der Waals surface area (Å²) in [5, 5.41) is 3.30. The number of esters is 1. The highest BCUT2D eigenvalue weighted by molar-refractivity contribution is 5.75. The number of aryl methyl sites for hydroxylation is 1. The van der Waals surface area contributed by atoms with Gasteiger partial charge in [-0.05, 0) is 38.3 Å². The minimum Gasteiger partial charge on any atom is -0.468 e. The van der Waals surface area contributed by atoms with E-state index in [0.29, 0.717) is 6.54 Å². The van der Waals surface area contributed by atoms with E-state index < -0.39 is 0 Å². The summed E-state index contributed by atoms with van der Waals surface area (Å²) in [4.78, 5) is 11.7. The Labute approximate surface area is 116 Å². The van der Waals surface area contributed by atoms with Crippen LogP contribution in [0.15, 0.2) is 6.07 Å². The monoisotopic (exact) mass is 266 g/mol. The maximum Gasteiger partial charge on any atom is 0.323 e. The van der Waals surface area contributed by atoms with Crippen LogP contribution in [0.4, 0.5) is 0 Å². The van der Waals surface area contributed by atoms with Gasteiger partial charge in [-0.15, -0.1) is 0 Å². The first-order chi connectivity index (χ1) is 8.92. The van der Waals surface area contributed by atoms with E-state index in [0.717, 1.165) is 6.54 Å². The zero-order chi connectivity index (χ0) is 14.6. The van der Waals surface area contributed by atoms with E-state index in [-0.39, 0.29) is 17.9 Å². The fourth-order valence-corrected chi connectivity index (χ4v) is 2.48. The van der Waals surface area contributed by atoms with Gasteiger partial charge in [0.1, 0.15) is 6.04 Å². The second-order valence-corrected chi connectivity index (χ2v) is 5.27. The summed E-state index contributed by atoms with van der Waals surface area (Å²) < 4.78 is 7.11. The number of aromatic nitrogens is 1. The third-order valence-electron chi connectivity index (χ3n) is 3.63. The van der Waals surface area contributed by atoms with Gasteiger partial charge < -0.3 is 14.6 Å². The third-order valence-corrected chi connectivity index (χ3v) is 3.63. The number of hydrogen-bond donors (Lipinski definition) is 1. The van der Waals surface area contributed by atoms with Crippen LogP contribution in [0.1, 0.15) is 37.7 Å². The lowest BCUT2D eigenvalue weighted by Crippen LogP contribution is -2.41. The number of carbonyl (C=O) groups is 1. The summed E-state index contributed by atoms with van der Waals surface area (Å²) in [5.41, 5.74) is 3.77. The zero-order valence-electron chi connectivity index (χ0n) is 12.9. The van der Waals surface area contributed by atoms with Crippen molar-refractivity contribution in [2.45, 2.75) is 53.8 Å². The van der Waals surface area contributed by atoms with Gasteiger partial charge in [-0.1, -0.05) is 13.8 Å². The molecule has 0 spiro atoms. The minimum atomic E-state index is -0.255. The summed E-state index contributed by atoms with van der Waals surface area (Å²) in [7, 11) is 1.43. The summed E-state index contributed by atoms with van der Waals surface area (Å²) in [6.07, 6.45) is 0. The number of methoxy groups -OCH3 is 1. The van der Waals surface area contributed by atoms with Gasteiger partial charge in [0.2, 0.25) is 0 Å². The van der Waals surface area contributed by atoms with E-state index in [2.05, 4.69) is 36.7 Å². The molecule has 0 bridgehead atoms. The van der Waals surface area contributed by atoms with E-state index in [1.54, 1.807) is 0 Å². The van der Waals surface area contributed by atoms with Crippen LogP contribution in [-0.2, 0) is 22.6 Å². The largest absolute Gasteiger partial charge is 0.468 e. The predicted molar refractivity (Wildman–Crippen MR) is 77.1 cm³/mol. The summed E-state index contributed by atoms with van der Waals surface area (Å²) >= 11 is 0. The van der Waals surface area contributed by atoms with E-state index >= 15 is 0 Å². The van der Waals surface area contributed by atoms with E-state index in [4.69, 9.17) is 4.74 Å². The Hall–Kier alpha value is -1.29. The summed E-state index contributed by atoms with van der Waals surface area (Å²) in [6, 6.07) is 1.93. The molecule has 1 aromatic heterocycles. The average Bonchev–Trinajstić information content (AvgIpc) is 2.63. The molecule has 4 heteroatoms. The van der Waals surface area contributed by atoms with Crippen LogP contribution < -0.4 is 5.32 Å². The lowest BCUT2D eigenvalue weighted by molar-refractivity contribution is -0.144. The van der Waals surface area contributed by atoms with Gasteiger partial charge in [0.25, 0.3) is 0 Å². The van der Waals surface area contributed by atoms with Crippen LogP contribution in [0.25, 0.3) is 0 Å². The van der Waals surface area contributed by atoms with Crippen molar-refractivity contribution in [2.24, 2.45) is 5.92 Å². The topological polar surface area (TPSA) is 43.3 Å². The SMILES string of the molecule is CCn1c(C)cc(CNC(C(=O)OC)C(C)C)c1C. The van der Waals surface area contributed by atoms with Gasteiger partial charge in [-0.3, -0.25) is 4.79 Å². The van der Waals surface area contributed by atoms with Crippen LogP contribution in [0.2, 0.25) is 0 Å². The number of nitrogens with one attached hydrogen (secondary N) is 1. The molecule has 0 saturated heterocycles. The Kier molecular flexibility index (Phi) is 5.60. The van der Waals surface area contributed by atoms with Crippen molar-refractivity contribution < 1.29 is 9.53 Å². The molecule has 19 heavy (non-hydrogen) atoms. The average molecular weight is 266 g/mol. The second-order valence-electron chi connectivity index (χ2n) is 5.27. The molecule has 0 aliphatic rings. The van der Waals surface area contributed by atoms with Crippen molar-refractivity contribution in [2.75, 3.05) is 7.11 Å². The Balaban J connectivity index is 2.77. The molecule has 0 radical (unpaired) electrons. The van der Waals surface area contributed by atoms with Crippen molar-refractivity contribution >= 4 is 5.97 Å². The Morgan fingerprint density at radius 2 is 2.05 bits per heavy atom. The lowest BCUT2D eigenvalue weighted by Gasteiger charge is -2.19. The summed E-state index contributed by atoms with van der Waals surface area (Å²) in [5.74, 6) is 0.0152. The van der Waals surface area contributed by atoms with E-state index in [1.165, 1.54) is 24.1 Å². The first kappa shape index (κ1) is 15.8. The maximum absolute atomic E-state index is 11.7. The van der Waals surface area contributed by atoms with Crippen LogP contribution in [0.5, 0.6) is 0 Å². The molecule has 4 nitrogen and oxygen atoms in total. The molecule has 0 saturated carbocycles. The Morgan fingerprint density at radius 1 is 1.42 bits per heavy atom. The molecule has 1 rings (SSSR count). The molecule has 1 heterocycles. The highest BCUT2D eigenvalue weighted by atomic mass is 16.5. The normalized spacial score (nSPS) is 12.8. The van der Waals surface area contributed by atoms with Crippen LogP contribution in [-0.4, -0.2) is 23.7 Å². The van der Waals surface area contributed by atoms with Gasteiger partial charge >= 0.3 is 5.97 Å². The highest BCUT2D eigenvalue weighted by Gasteiger charge is 2.22. The molecule has 1 unspecified atom stereocenters. The molecule has 0 amide bonds. The molecule has 0 aliphatic carbocycles. The van der Waals surface area contributed by atoms with E-state index in [9.17, 15) is 4.79 Å². The predicted octanol–water partition coefficient (Wildman–Crippen LogP) is 2.41. The molecule has 1 N–H and O–H groups in total. The second kappa shape index (κ2) is 6.75. The molecular weight excluding hydrogens is 240 g/mol. The number of hydrogen-bond acceptors (Lipinski definition) is 3. The molecule has 1 atom stereocenters. The first-order valence-electron chi connectivity index (χ1n) is 6.89. The van der Waals surface area contributed by atoms with Crippen molar-refractivity contribution in [1.82, 2.24) is 9.88 Å². The van der Waals surface area contributed by atoms with Crippen molar-refractivity contribution in [1.29, 1.82) is 0 Å². The van der Waals surface area contributed by atoms with Gasteiger partial charge in [0.15, 0.2) is 0 Å². The third kappa shape index (κ3) is 3.60. The number of ether oxygens (including phenoxy) is 1. The fraction of sp³-hybridized carbons (Fsp3) is 0.667. The van der Waals surface area contributed by atoms with Gasteiger partial charge in [-0.2, -0.15) is 0 Å². The molecule has 0 aromatic carbocycles. The maximum atomic E-state index is 11.7. The lowest BCUT2D eigenvalue weighted by atomic mass is 10.0. The zero-order valence-corrected chi connectivity index (χ0v) is 12.9. The standard InChI is InChI=1S/C15H26N2O2/c1-7-17-11(4)8-13(12(17)5)9-16-14(10(2)3)15(18)19-6/h8,10,14,16H,7,9H2,1-6H3. The van der Waals surface area contributed by atoms with Gasteiger partial charge in [0.05, 0.1) is 7.11 Å². The molecule has 1 aromatic rings. The van der Waals surface area contributed by atoms with Crippen molar-refractivity contribution in [3.05, 3.63) is 23.0 Å². The summed E-state index contributed by atoms with van der Waals surface area (Å²) in [6.45, 7) is 12.1. The van der Waals surface area contributed by atoms with Crippen LogP contribution in [0.3, 0.4) is 0 Å². The van der Waals surface area contributed by atoms with Gasteiger partial charge in [0, 0.05) is 24.5 Å². The smallest absolute Gasteiger partial charge is 0.323 e. The quantitative estimate of drug-likeness (QED) is 0.804. The molecular formula is C15H26N2O2. The number of nitrogens with zero attached hydrogens (tertiary/aromatic N) is 1. The van der Waals surface area contributed by atoms with E-state index in [1.807, 2.05) is 13.8 Å². The van der Waals surface area contributed by atoms with Crippen LogP contribution >= 0.6 is 0 Å². The molecule has 0 aliphatic heterocycles. The van der Waals surface area contributed by atoms with Crippen molar-refractivity contribution in [3.8, 4) is 0 Å². The van der Waals surface area contributed by atoms with Crippen molar-refractivity contribution in [3.63, 3.8) is 0 Å².